The van der Waals surface area contributed by atoms with Crippen molar-refractivity contribution in [3.05, 3.63) is 90.0 Å². The lowest BCUT2D eigenvalue weighted by Gasteiger charge is -2.41. The first kappa shape index (κ1) is 43.6. The molecule has 58 heavy (non-hydrogen) atoms. The minimum atomic E-state index is -0.711. The fourth-order valence-corrected chi connectivity index (χ4v) is 6.44. The lowest BCUT2D eigenvalue weighted by molar-refractivity contribution is -0.146. The molecule has 2 aromatic carbocycles. The Morgan fingerprint density at radius 2 is 1.60 bits per heavy atom. The van der Waals surface area contributed by atoms with Crippen LogP contribution in [0.2, 0.25) is 0 Å². The fraction of sp³-hybridized carbons (Fsp3) is 0.488. The van der Waals surface area contributed by atoms with E-state index in [0.29, 0.717) is 69.6 Å². The number of H-pyrrole nitrogens is 1. The summed E-state index contributed by atoms with van der Waals surface area (Å²) in [6.45, 7) is 10.6. The van der Waals surface area contributed by atoms with Crippen molar-refractivity contribution >= 4 is 23.7 Å². The number of pyridine rings is 1. The smallest absolute Gasteiger partial charge is 0.410 e. The van der Waals surface area contributed by atoms with E-state index in [4.69, 9.17) is 18.9 Å². The minimum Gasteiger partial charge on any atom is -0.494 e. The van der Waals surface area contributed by atoms with Gasteiger partial charge in [0.2, 0.25) is 0 Å². The molecule has 312 valence electrons. The van der Waals surface area contributed by atoms with Gasteiger partial charge in [-0.05, 0) is 114 Å². The van der Waals surface area contributed by atoms with Crippen molar-refractivity contribution in [3.8, 4) is 17.1 Å². The van der Waals surface area contributed by atoms with Gasteiger partial charge in [-0.25, -0.2) is 9.59 Å². The number of carbonyl (C=O) groups is 3. The Morgan fingerprint density at radius 1 is 0.879 bits per heavy atom. The van der Waals surface area contributed by atoms with E-state index >= 15 is 0 Å². The number of unbranched alkanes of at least 4 members (excludes halogenated alkanes) is 2. The van der Waals surface area contributed by atoms with Gasteiger partial charge in [-0.3, -0.25) is 9.78 Å². The van der Waals surface area contributed by atoms with Crippen molar-refractivity contribution in [2.75, 3.05) is 58.6 Å². The first-order chi connectivity index (χ1) is 27.9. The molecule has 5 rings (SSSR count). The molecule has 4 aromatic rings. The summed E-state index contributed by atoms with van der Waals surface area (Å²) in [5.41, 5.74) is 1.70. The van der Waals surface area contributed by atoms with Gasteiger partial charge in [-0.2, -0.15) is 0 Å². The molecule has 0 spiro atoms. The molecule has 0 saturated carbocycles. The normalized spacial score (nSPS) is 14.3. The minimum absolute atomic E-state index is 0.0371. The highest BCUT2D eigenvalue weighted by molar-refractivity contribution is 5.95. The number of carbonyl (C=O) groups excluding carboxylic acids is 3. The molecule has 0 bridgehead atoms. The Hall–Kier alpha value is -5.54. The van der Waals surface area contributed by atoms with Crippen LogP contribution in [0.15, 0.2) is 73.1 Å². The van der Waals surface area contributed by atoms with Crippen LogP contribution in [0.25, 0.3) is 11.4 Å². The van der Waals surface area contributed by atoms with Crippen LogP contribution in [0, 0.1) is 0 Å². The zero-order chi connectivity index (χ0) is 41.4. The summed E-state index contributed by atoms with van der Waals surface area (Å²) < 4.78 is 27.1. The first-order valence-electron chi connectivity index (χ1n) is 19.9. The third-order valence-electron chi connectivity index (χ3n) is 9.60. The van der Waals surface area contributed by atoms with Crippen LogP contribution in [0.4, 0.5) is 10.5 Å². The van der Waals surface area contributed by atoms with Gasteiger partial charge in [0.25, 0.3) is 5.91 Å². The average molecular weight is 800 g/mol. The van der Waals surface area contributed by atoms with Crippen LogP contribution in [0.3, 0.4) is 0 Å². The maximum absolute atomic E-state index is 13.6. The molecule has 15 heteroatoms. The highest BCUT2D eigenvalue weighted by Gasteiger charge is 2.41. The first-order valence-corrected chi connectivity index (χ1v) is 19.9. The van der Waals surface area contributed by atoms with Crippen molar-refractivity contribution in [1.29, 1.82) is 0 Å². The standard InChI is InChI=1S/C43H57N7O8/c1-31(33-12-10-15-36(29-33)57-27-8-6-7-24-55-25-11-26-56-30-37(51)54-5)45-39(52)34-13-9-14-35(28-34)47-43(18-22-50(23-19-43)41(53)58-42(2,3)4)40-46-38(48-49-40)32-16-20-44-21-17-32/h9-10,12-17,20-21,28-29,31,47H,6-8,11,18-19,22-27,30H2,1-5H3,(H,45,52)(H,46,48,49)/t31-/m1/s1. The highest BCUT2D eigenvalue weighted by Crippen LogP contribution is 2.36. The maximum Gasteiger partial charge on any atom is 0.410 e. The molecule has 1 saturated heterocycles. The second-order valence-corrected chi connectivity index (χ2v) is 15.3. The molecule has 2 aromatic heterocycles. The summed E-state index contributed by atoms with van der Waals surface area (Å²) in [5.74, 6) is 1.39. The summed E-state index contributed by atoms with van der Waals surface area (Å²) in [4.78, 5) is 46.9. The SMILES string of the molecule is COC(=O)COCCCOCCCCCOc1cccc([C@@H](C)NC(=O)c2cccc(NC3(c4nnc(-c5ccncc5)[nH]4)CCN(C(=O)OC(C)(C)C)CC3)c2)c1. The molecule has 3 heterocycles. The van der Waals surface area contributed by atoms with Crippen molar-refractivity contribution in [1.82, 2.24) is 30.4 Å². The van der Waals surface area contributed by atoms with Gasteiger partial charge in [0.15, 0.2) is 11.6 Å². The number of anilines is 1. The number of ether oxygens (including phenoxy) is 5. The summed E-state index contributed by atoms with van der Waals surface area (Å²) >= 11 is 0. The van der Waals surface area contributed by atoms with E-state index in [1.807, 2.05) is 82.3 Å². The van der Waals surface area contributed by atoms with E-state index in [2.05, 4.69) is 35.5 Å². The van der Waals surface area contributed by atoms with Crippen molar-refractivity contribution in [2.24, 2.45) is 0 Å². The second kappa shape index (κ2) is 21.3. The Bertz CT molecular complexity index is 1910. The molecular formula is C43H57N7O8. The Labute approximate surface area is 340 Å². The van der Waals surface area contributed by atoms with Gasteiger partial charge >= 0.3 is 12.1 Å². The number of likely N-dealkylation sites (tertiary alicyclic amines) is 1. The molecule has 1 atom stereocenters. The van der Waals surface area contributed by atoms with Gasteiger partial charge in [0, 0.05) is 62.1 Å². The number of piperidine rings is 1. The van der Waals surface area contributed by atoms with Crippen LogP contribution >= 0.6 is 0 Å². The van der Waals surface area contributed by atoms with E-state index < -0.39 is 11.1 Å². The number of methoxy groups -OCH3 is 1. The number of aromatic amines is 1. The molecule has 0 radical (unpaired) electrons. The summed E-state index contributed by atoms with van der Waals surface area (Å²) in [7, 11) is 1.33. The quantitative estimate of drug-likeness (QED) is 0.0627. The Kier molecular flexibility index (Phi) is 16.0. The van der Waals surface area contributed by atoms with E-state index in [1.165, 1.54) is 7.11 Å². The number of benzene rings is 2. The van der Waals surface area contributed by atoms with E-state index in [1.54, 1.807) is 23.4 Å². The van der Waals surface area contributed by atoms with E-state index in [9.17, 15) is 14.4 Å². The molecule has 15 nitrogen and oxygen atoms in total. The van der Waals surface area contributed by atoms with Gasteiger partial charge < -0.3 is 44.2 Å². The van der Waals surface area contributed by atoms with Crippen LogP contribution in [-0.4, -0.2) is 102 Å². The van der Waals surface area contributed by atoms with Crippen LogP contribution in [0.1, 0.15) is 94.0 Å². The molecule has 2 amide bonds. The zero-order valence-corrected chi connectivity index (χ0v) is 34.3. The topological polar surface area (TPSA) is 179 Å². The lowest BCUT2D eigenvalue weighted by atomic mass is 9.86. The number of rotatable bonds is 20. The largest absolute Gasteiger partial charge is 0.494 e. The van der Waals surface area contributed by atoms with Crippen LogP contribution in [-0.2, 0) is 29.3 Å². The highest BCUT2D eigenvalue weighted by atomic mass is 16.6. The molecule has 3 N–H and O–H groups in total. The third kappa shape index (κ3) is 13.3. The Balaban J connectivity index is 1.14. The zero-order valence-electron chi connectivity index (χ0n) is 34.3. The predicted octanol–water partition coefficient (Wildman–Crippen LogP) is 6.84. The number of nitrogens with one attached hydrogen (secondary N) is 3. The maximum atomic E-state index is 13.6. The number of hydrogen-bond acceptors (Lipinski definition) is 12. The van der Waals surface area contributed by atoms with Crippen molar-refractivity contribution < 1.29 is 38.1 Å². The molecule has 1 fully saturated rings. The number of aromatic nitrogens is 4. The molecule has 1 aliphatic rings. The summed E-state index contributed by atoms with van der Waals surface area (Å²) in [5, 5.41) is 15.8. The average Bonchev–Trinajstić information content (AvgIpc) is 3.73. The number of nitrogens with zero attached hydrogens (tertiary/aromatic N) is 4. The third-order valence-corrected chi connectivity index (χ3v) is 9.60. The lowest BCUT2D eigenvalue weighted by Crippen LogP contribution is -2.50. The van der Waals surface area contributed by atoms with E-state index in [0.717, 1.165) is 48.2 Å². The predicted molar refractivity (Wildman–Crippen MR) is 218 cm³/mol. The van der Waals surface area contributed by atoms with Gasteiger partial charge in [-0.1, -0.05) is 18.2 Å². The molecule has 1 aliphatic heterocycles. The number of esters is 1. The van der Waals surface area contributed by atoms with Crippen molar-refractivity contribution in [3.63, 3.8) is 0 Å². The van der Waals surface area contributed by atoms with Gasteiger partial charge in [0.05, 0.1) is 19.8 Å². The fourth-order valence-electron chi connectivity index (χ4n) is 6.44. The molecule has 0 aliphatic carbocycles. The van der Waals surface area contributed by atoms with Crippen LogP contribution in [0.5, 0.6) is 5.75 Å². The molecular weight excluding hydrogens is 743 g/mol. The number of amides is 2. The second-order valence-electron chi connectivity index (χ2n) is 15.3. The van der Waals surface area contributed by atoms with Crippen LogP contribution < -0.4 is 15.4 Å². The molecule has 0 unspecified atom stereocenters. The Morgan fingerprint density at radius 3 is 2.36 bits per heavy atom. The summed E-state index contributed by atoms with van der Waals surface area (Å²) in [6.07, 6.45) is 7.60. The van der Waals surface area contributed by atoms with E-state index in [-0.39, 0.29) is 30.6 Å². The van der Waals surface area contributed by atoms with Gasteiger partial charge in [-0.15, -0.1) is 10.2 Å². The monoisotopic (exact) mass is 799 g/mol. The van der Waals surface area contributed by atoms with Crippen molar-refractivity contribution in [2.45, 2.75) is 83.4 Å². The summed E-state index contributed by atoms with van der Waals surface area (Å²) in [6, 6.07) is 18.6. The number of hydrogen-bond donors (Lipinski definition) is 3. The van der Waals surface area contributed by atoms with Gasteiger partial charge in [0.1, 0.15) is 23.5 Å².